The minimum absolute atomic E-state index is 0.343. The molecule has 0 spiro atoms. The molecule has 0 radical (unpaired) electrons. The summed E-state index contributed by atoms with van der Waals surface area (Å²) in [5.41, 5.74) is 3.90. The van der Waals surface area contributed by atoms with Crippen LogP contribution in [0.5, 0.6) is 11.5 Å². The van der Waals surface area contributed by atoms with E-state index in [1.54, 1.807) is 0 Å². The van der Waals surface area contributed by atoms with Crippen LogP contribution >= 0.6 is 0 Å². The highest BCUT2D eigenvalue weighted by Gasteiger charge is 2.13. The maximum atomic E-state index is 10.6. The quantitative estimate of drug-likeness (QED) is 0.884. The molecule has 0 fully saturated rings. The van der Waals surface area contributed by atoms with Gasteiger partial charge >= 0.3 is 5.97 Å². The van der Waals surface area contributed by atoms with Crippen LogP contribution in [0.1, 0.15) is 22.3 Å². The van der Waals surface area contributed by atoms with Gasteiger partial charge in [0, 0.05) is 0 Å². The number of aliphatic carboxylic acids is 1. The van der Waals surface area contributed by atoms with Crippen LogP contribution in [0.15, 0.2) is 36.4 Å². The van der Waals surface area contributed by atoms with Crippen LogP contribution < -0.4 is 9.47 Å². The van der Waals surface area contributed by atoms with Gasteiger partial charge in [-0.1, -0.05) is 30.3 Å². The van der Waals surface area contributed by atoms with E-state index in [2.05, 4.69) is 0 Å². The molecule has 0 unspecified atom stereocenters. The summed E-state index contributed by atoms with van der Waals surface area (Å²) in [6.45, 7) is 5.94. The molecule has 4 heteroatoms. The van der Waals surface area contributed by atoms with E-state index < -0.39 is 5.97 Å². The Morgan fingerprint density at radius 1 is 1.05 bits per heavy atom. The summed E-state index contributed by atoms with van der Waals surface area (Å²) >= 11 is 0. The van der Waals surface area contributed by atoms with Gasteiger partial charge in [0.25, 0.3) is 0 Å². The molecule has 2 aromatic rings. The highest BCUT2D eigenvalue weighted by atomic mass is 16.5. The summed E-state index contributed by atoms with van der Waals surface area (Å²) in [6, 6.07) is 11.8. The van der Waals surface area contributed by atoms with Crippen LogP contribution in [0.4, 0.5) is 0 Å². The highest BCUT2D eigenvalue weighted by Crippen LogP contribution is 2.33. The lowest BCUT2D eigenvalue weighted by Crippen LogP contribution is -2.11. The summed E-state index contributed by atoms with van der Waals surface area (Å²) in [4.78, 5) is 10.6. The molecule has 22 heavy (non-hydrogen) atoms. The van der Waals surface area contributed by atoms with Crippen LogP contribution in [-0.4, -0.2) is 17.7 Å². The standard InChI is InChI=1S/C18H20O4/c1-12-9-16(21-11-17(19)20)13(2)14(3)18(12)22-10-15-7-5-4-6-8-15/h4-9H,10-11H2,1-3H3,(H,19,20). The van der Waals surface area contributed by atoms with Gasteiger partial charge in [-0.2, -0.15) is 0 Å². The van der Waals surface area contributed by atoms with Crippen molar-refractivity contribution in [2.75, 3.05) is 6.61 Å². The average molecular weight is 300 g/mol. The van der Waals surface area contributed by atoms with Gasteiger partial charge in [-0.3, -0.25) is 0 Å². The lowest BCUT2D eigenvalue weighted by atomic mass is 10.0. The van der Waals surface area contributed by atoms with Crippen LogP contribution in [0.25, 0.3) is 0 Å². The maximum absolute atomic E-state index is 10.6. The van der Waals surface area contributed by atoms with Gasteiger partial charge in [-0.25, -0.2) is 4.79 Å². The second kappa shape index (κ2) is 6.98. The number of aryl methyl sites for hydroxylation is 1. The number of ether oxygens (including phenoxy) is 2. The average Bonchev–Trinajstić information content (AvgIpc) is 2.50. The molecule has 0 saturated heterocycles. The van der Waals surface area contributed by atoms with Crippen molar-refractivity contribution in [3.05, 3.63) is 58.7 Å². The predicted octanol–water partition coefficient (Wildman–Crippen LogP) is 3.65. The molecule has 2 aromatic carbocycles. The maximum Gasteiger partial charge on any atom is 0.341 e. The smallest absolute Gasteiger partial charge is 0.341 e. The third-order valence-electron chi connectivity index (χ3n) is 3.56. The Morgan fingerprint density at radius 3 is 2.36 bits per heavy atom. The number of carboxylic acids is 1. The van der Waals surface area contributed by atoms with Crippen LogP contribution in [0, 0.1) is 20.8 Å². The predicted molar refractivity (Wildman–Crippen MR) is 84.6 cm³/mol. The van der Waals surface area contributed by atoms with Crippen LogP contribution in [0.3, 0.4) is 0 Å². The van der Waals surface area contributed by atoms with Crippen molar-refractivity contribution in [3.63, 3.8) is 0 Å². The Kier molecular flexibility index (Phi) is 5.04. The molecule has 2 rings (SSSR count). The number of benzene rings is 2. The number of carbonyl (C=O) groups is 1. The first-order chi connectivity index (χ1) is 10.5. The molecule has 116 valence electrons. The van der Waals surface area contributed by atoms with E-state index in [1.807, 2.05) is 57.2 Å². The zero-order chi connectivity index (χ0) is 16.1. The first-order valence-electron chi connectivity index (χ1n) is 7.11. The molecule has 1 N–H and O–H groups in total. The third-order valence-corrected chi connectivity index (χ3v) is 3.56. The molecular formula is C18H20O4. The first-order valence-corrected chi connectivity index (χ1v) is 7.11. The Labute approximate surface area is 130 Å². The van der Waals surface area contributed by atoms with Gasteiger partial charge in [0.15, 0.2) is 6.61 Å². The lowest BCUT2D eigenvalue weighted by molar-refractivity contribution is -0.139. The first kappa shape index (κ1) is 15.9. The van der Waals surface area contributed by atoms with Crippen LogP contribution in [-0.2, 0) is 11.4 Å². The van der Waals surface area contributed by atoms with Crippen molar-refractivity contribution in [2.45, 2.75) is 27.4 Å². The lowest BCUT2D eigenvalue weighted by Gasteiger charge is -2.17. The molecule has 0 aromatic heterocycles. The van der Waals surface area contributed by atoms with E-state index in [9.17, 15) is 4.79 Å². The summed E-state index contributed by atoms with van der Waals surface area (Å²) in [5, 5.41) is 8.72. The van der Waals surface area contributed by atoms with Gasteiger partial charge in [0.05, 0.1) is 0 Å². The van der Waals surface area contributed by atoms with Gasteiger partial charge in [-0.05, 0) is 49.1 Å². The molecule has 0 saturated carbocycles. The monoisotopic (exact) mass is 300 g/mol. The Balaban J connectivity index is 2.18. The molecule has 0 atom stereocenters. The van der Waals surface area contributed by atoms with E-state index >= 15 is 0 Å². The van der Waals surface area contributed by atoms with Crippen molar-refractivity contribution in [1.82, 2.24) is 0 Å². The van der Waals surface area contributed by atoms with Crippen molar-refractivity contribution >= 4 is 5.97 Å². The summed E-state index contributed by atoms with van der Waals surface area (Å²) in [6.07, 6.45) is 0. The number of hydrogen-bond acceptors (Lipinski definition) is 3. The fraction of sp³-hybridized carbons (Fsp3) is 0.278. The van der Waals surface area contributed by atoms with Gasteiger partial charge in [-0.15, -0.1) is 0 Å². The number of hydrogen-bond donors (Lipinski definition) is 1. The highest BCUT2D eigenvalue weighted by molar-refractivity contribution is 5.68. The van der Waals surface area contributed by atoms with Crippen molar-refractivity contribution in [3.8, 4) is 11.5 Å². The zero-order valence-electron chi connectivity index (χ0n) is 13.1. The molecule has 0 aliphatic heterocycles. The van der Waals surface area contributed by atoms with E-state index in [0.29, 0.717) is 12.4 Å². The normalized spacial score (nSPS) is 10.3. The Bertz CT molecular complexity index is 663. The number of carboxylic acid groups (broad SMARTS) is 1. The van der Waals surface area contributed by atoms with Gasteiger partial charge in [0.2, 0.25) is 0 Å². The molecule has 0 aliphatic rings. The summed E-state index contributed by atoms with van der Waals surface area (Å²) in [7, 11) is 0. The van der Waals surface area contributed by atoms with Crippen molar-refractivity contribution in [2.24, 2.45) is 0 Å². The van der Waals surface area contributed by atoms with Crippen molar-refractivity contribution in [1.29, 1.82) is 0 Å². The fourth-order valence-electron chi connectivity index (χ4n) is 2.26. The molecule has 0 heterocycles. The molecular weight excluding hydrogens is 280 g/mol. The largest absolute Gasteiger partial charge is 0.488 e. The minimum atomic E-state index is -0.987. The van der Waals surface area contributed by atoms with Crippen LogP contribution in [0.2, 0.25) is 0 Å². The second-order valence-electron chi connectivity index (χ2n) is 5.23. The fourth-order valence-corrected chi connectivity index (χ4v) is 2.26. The molecule has 0 aliphatic carbocycles. The second-order valence-corrected chi connectivity index (χ2v) is 5.23. The minimum Gasteiger partial charge on any atom is -0.488 e. The van der Waals surface area contributed by atoms with Gasteiger partial charge in [0.1, 0.15) is 18.1 Å². The SMILES string of the molecule is Cc1cc(OCC(=O)O)c(C)c(C)c1OCc1ccccc1. The molecule has 0 bridgehead atoms. The summed E-state index contributed by atoms with van der Waals surface area (Å²) < 4.78 is 11.3. The van der Waals surface area contributed by atoms with Crippen molar-refractivity contribution < 1.29 is 19.4 Å². The van der Waals surface area contributed by atoms with E-state index in [-0.39, 0.29) is 6.61 Å². The zero-order valence-corrected chi connectivity index (χ0v) is 13.1. The van der Waals surface area contributed by atoms with Gasteiger partial charge < -0.3 is 14.6 Å². The molecule has 4 nitrogen and oxygen atoms in total. The summed E-state index contributed by atoms with van der Waals surface area (Å²) in [5.74, 6) is 0.424. The Morgan fingerprint density at radius 2 is 1.73 bits per heavy atom. The van der Waals surface area contributed by atoms with E-state index in [0.717, 1.165) is 28.0 Å². The topological polar surface area (TPSA) is 55.8 Å². The Hall–Kier alpha value is -2.49. The third kappa shape index (κ3) is 3.79. The van der Waals surface area contributed by atoms with E-state index in [1.165, 1.54) is 0 Å². The van der Waals surface area contributed by atoms with E-state index in [4.69, 9.17) is 14.6 Å². The number of rotatable bonds is 6. The molecule has 0 amide bonds.